The van der Waals surface area contributed by atoms with E-state index in [2.05, 4.69) is 5.32 Å². The zero-order valence-corrected chi connectivity index (χ0v) is 15.8. The maximum Gasteiger partial charge on any atom is 0.251 e. The number of amides is 2. The monoisotopic (exact) mass is 358 g/mol. The highest BCUT2D eigenvalue weighted by atomic mass is 16.3. The van der Waals surface area contributed by atoms with Gasteiger partial charge in [0.05, 0.1) is 5.60 Å². The fourth-order valence-electron chi connectivity index (χ4n) is 3.43. The summed E-state index contributed by atoms with van der Waals surface area (Å²) in [6.45, 7) is 5.05. The molecule has 1 saturated carbocycles. The van der Waals surface area contributed by atoms with Crippen molar-refractivity contribution in [2.45, 2.75) is 64.0 Å². The van der Waals surface area contributed by atoms with Crippen LogP contribution in [0.3, 0.4) is 0 Å². The van der Waals surface area contributed by atoms with Crippen molar-refractivity contribution >= 4 is 11.8 Å². The molecule has 1 heterocycles. The highest BCUT2D eigenvalue weighted by Gasteiger charge is 2.35. The van der Waals surface area contributed by atoms with Gasteiger partial charge < -0.3 is 15.3 Å². The highest BCUT2D eigenvalue weighted by molar-refractivity contribution is 5.94. The number of likely N-dealkylation sites (tertiary alicyclic amines) is 1. The lowest BCUT2D eigenvalue weighted by atomic mass is 9.98. The molecule has 3 rings (SSSR count). The molecule has 1 aromatic rings. The number of benzene rings is 1. The van der Waals surface area contributed by atoms with E-state index in [1.165, 1.54) is 0 Å². The van der Waals surface area contributed by atoms with E-state index in [0.717, 1.165) is 44.2 Å². The first-order chi connectivity index (χ1) is 12.3. The fourth-order valence-corrected chi connectivity index (χ4v) is 3.43. The molecule has 1 saturated heterocycles. The minimum atomic E-state index is -0.680. The molecule has 5 nitrogen and oxygen atoms in total. The maximum absolute atomic E-state index is 12.5. The van der Waals surface area contributed by atoms with Gasteiger partial charge in [0.15, 0.2) is 0 Å². The van der Waals surface area contributed by atoms with Gasteiger partial charge in [0, 0.05) is 30.6 Å². The van der Waals surface area contributed by atoms with Crippen LogP contribution in [-0.2, 0) is 11.2 Å². The normalized spacial score (nSPS) is 20.7. The molecule has 0 radical (unpaired) electrons. The summed E-state index contributed by atoms with van der Waals surface area (Å²) in [5, 5.41) is 12.9. The second-order valence-corrected chi connectivity index (χ2v) is 8.38. The second kappa shape index (κ2) is 7.78. The van der Waals surface area contributed by atoms with Crippen molar-refractivity contribution in [1.82, 2.24) is 10.2 Å². The summed E-state index contributed by atoms with van der Waals surface area (Å²) < 4.78 is 0. The van der Waals surface area contributed by atoms with E-state index in [4.69, 9.17) is 0 Å². The molecule has 0 spiro atoms. The van der Waals surface area contributed by atoms with Crippen LogP contribution >= 0.6 is 0 Å². The third-order valence-electron chi connectivity index (χ3n) is 5.24. The fraction of sp³-hybridized carbons (Fsp3) is 0.619. The predicted molar refractivity (Wildman–Crippen MR) is 101 cm³/mol. The van der Waals surface area contributed by atoms with Gasteiger partial charge in [-0.2, -0.15) is 0 Å². The molecule has 2 aliphatic rings. The molecule has 5 heteroatoms. The topological polar surface area (TPSA) is 69.6 Å². The standard InChI is InChI=1S/C21H30N2O3/c1-21(2,26)12-11-15-5-7-16(8-6-15)19(24)22-18-4-3-13-23(14-18)20(25)17-9-10-17/h5-8,17-18,26H,3-4,9-14H2,1-2H3,(H,22,24)/t18-/m0/s1. The van der Waals surface area contributed by atoms with Crippen LogP contribution in [0.4, 0.5) is 0 Å². The Morgan fingerprint density at radius 3 is 2.50 bits per heavy atom. The van der Waals surface area contributed by atoms with Gasteiger partial charge in [-0.3, -0.25) is 9.59 Å². The van der Waals surface area contributed by atoms with Crippen LogP contribution in [0.1, 0.15) is 61.9 Å². The molecule has 2 fully saturated rings. The molecule has 1 aliphatic heterocycles. The van der Waals surface area contributed by atoms with Crippen molar-refractivity contribution in [3.05, 3.63) is 35.4 Å². The lowest BCUT2D eigenvalue weighted by Gasteiger charge is -2.33. The Morgan fingerprint density at radius 2 is 1.88 bits per heavy atom. The maximum atomic E-state index is 12.5. The summed E-state index contributed by atoms with van der Waals surface area (Å²) in [6.07, 6.45) is 5.37. The highest BCUT2D eigenvalue weighted by Crippen LogP contribution is 2.31. The van der Waals surface area contributed by atoms with Crippen molar-refractivity contribution in [3.8, 4) is 0 Å². The Kier molecular flexibility index (Phi) is 5.66. The van der Waals surface area contributed by atoms with Gasteiger partial charge in [-0.1, -0.05) is 12.1 Å². The average Bonchev–Trinajstić information content (AvgIpc) is 3.44. The Balaban J connectivity index is 1.51. The number of nitrogens with zero attached hydrogens (tertiary/aromatic N) is 1. The molecule has 0 bridgehead atoms. The molecular weight excluding hydrogens is 328 g/mol. The van der Waals surface area contributed by atoms with E-state index in [9.17, 15) is 14.7 Å². The third kappa shape index (κ3) is 5.31. The minimum absolute atomic E-state index is 0.0359. The lowest BCUT2D eigenvalue weighted by molar-refractivity contribution is -0.133. The summed E-state index contributed by atoms with van der Waals surface area (Å²) in [5.41, 5.74) is 1.08. The first kappa shape index (κ1) is 18.9. The third-order valence-corrected chi connectivity index (χ3v) is 5.24. The number of aliphatic hydroxyl groups is 1. The van der Waals surface area contributed by atoms with Crippen molar-refractivity contribution in [2.75, 3.05) is 13.1 Å². The van der Waals surface area contributed by atoms with Crippen LogP contribution in [0.2, 0.25) is 0 Å². The van der Waals surface area contributed by atoms with Crippen LogP contribution in [0.25, 0.3) is 0 Å². The summed E-state index contributed by atoms with van der Waals surface area (Å²) >= 11 is 0. The first-order valence-electron chi connectivity index (χ1n) is 9.73. The summed E-state index contributed by atoms with van der Waals surface area (Å²) in [5.74, 6) is 0.422. The number of hydrogen-bond acceptors (Lipinski definition) is 3. The van der Waals surface area contributed by atoms with E-state index in [1.54, 1.807) is 13.8 Å². The SMILES string of the molecule is CC(C)(O)CCc1ccc(C(=O)N[C@H]2CCCN(C(=O)C3CC3)C2)cc1. The first-order valence-corrected chi connectivity index (χ1v) is 9.73. The van der Waals surface area contributed by atoms with Crippen molar-refractivity contribution in [1.29, 1.82) is 0 Å². The van der Waals surface area contributed by atoms with Crippen LogP contribution in [0.5, 0.6) is 0 Å². The van der Waals surface area contributed by atoms with E-state index in [-0.39, 0.29) is 23.8 Å². The summed E-state index contributed by atoms with van der Waals surface area (Å²) in [7, 11) is 0. The summed E-state index contributed by atoms with van der Waals surface area (Å²) in [4.78, 5) is 26.7. The van der Waals surface area contributed by atoms with E-state index < -0.39 is 5.60 Å². The van der Waals surface area contributed by atoms with Crippen LogP contribution in [-0.4, -0.2) is 46.6 Å². The van der Waals surface area contributed by atoms with Gasteiger partial charge in [-0.15, -0.1) is 0 Å². The van der Waals surface area contributed by atoms with Gasteiger partial charge >= 0.3 is 0 Å². The van der Waals surface area contributed by atoms with Crippen molar-refractivity contribution in [2.24, 2.45) is 5.92 Å². The molecule has 0 aromatic heterocycles. The zero-order chi connectivity index (χ0) is 18.7. The Hall–Kier alpha value is -1.88. The molecule has 1 atom stereocenters. The second-order valence-electron chi connectivity index (χ2n) is 8.38. The average molecular weight is 358 g/mol. The minimum Gasteiger partial charge on any atom is -0.390 e. The number of aryl methyl sites for hydroxylation is 1. The Morgan fingerprint density at radius 1 is 1.19 bits per heavy atom. The van der Waals surface area contributed by atoms with Crippen molar-refractivity contribution in [3.63, 3.8) is 0 Å². The number of piperidine rings is 1. The largest absolute Gasteiger partial charge is 0.390 e. The number of carbonyl (C=O) groups excluding carboxylic acids is 2. The van der Waals surface area contributed by atoms with Gasteiger partial charge in [-0.25, -0.2) is 0 Å². The number of hydrogen-bond donors (Lipinski definition) is 2. The van der Waals surface area contributed by atoms with Crippen molar-refractivity contribution < 1.29 is 14.7 Å². The van der Waals surface area contributed by atoms with Crippen LogP contribution in [0, 0.1) is 5.92 Å². The molecule has 2 amide bonds. The van der Waals surface area contributed by atoms with Crippen LogP contribution < -0.4 is 5.32 Å². The number of nitrogens with one attached hydrogen (secondary N) is 1. The Labute approximate surface area is 155 Å². The molecular formula is C21H30N2O3. The summed E-state index contributed by atoms with van der Waals surface area (Å²) in [6, 6.07) is 7.61. The smallest absolute Gasteiger partial charge is 0.251 e. The predicted octanol–water partition coefficient (Wildman–Crippen LogP) is 2.52. The van der Waals surface area contributed by atoms with E-state index in [1.807, 2.05) is 29.2 Å². The molecule has 1 aliphatic carbocycles. The molecule has 2 N–H and O–H groups in total. The zero-order valence-electron chi connectivity index (χ0n) is 15.8. The number of rotatable bonds is 6. The lowest BCUT2D eigenvalue weighted by Crippen LogP contribution is -2.50. The molecule has 1 aromatic carbocycles. The van der Waals surface area contributed by atoms with Crippen LogP contribution in [0.15, 0.2) is 24.3 Å². The molecule has 0 unspecified atom stereocenters. The van der Waals surface area contributed by atoms with E-state index >= 15 is 0 Å². The Bertz CT molecular complexity index is 644. The van der Waals surface area contributed by atoms with Gasteiger partial charge in [0.1, 0.15) is 0 Å². The van der Waals surface area contributed by atoms with E-state index in [0.29, 0.717) is 18.5 Å². The number of carbonyl (C=O) groups is 2. The van der Waals surface area contributed by atoms with Gasteiger partial charge in [0.25, 0.3) is 5.91 Å². The molecule has 26 heavy (non-hydrogen) atoms. The molecule has 142 valence electrons. The quantitative estimate of drug-likeness (QED) is 0.821. The van der Waals surface area contributed by atoms with Gasteiger partial charge in [0.2, 0.25) is 5.91 Å². The van der Waals surface area contributed by atoms with Gasteiger partial charge in [-0.05, 0) is 70.1 Å².